The van der Waals surface area contributed by atoms with E-state index < -0.39 is 0 Å². The SMILES string of the molecule is c1ccc(-c2nc(-c3cc(-c4ccc5oc6ccccc6c5c4)cc(-c4ccc5oc6ccccc6c5c4)c3)cc(-c3ccc4c(c3)oc3ccccc34)n2)cc1. The van der Waals surface area contributed by atoms with Gasteiger partial charge in [0, 0.05) is 49.0 Å². The van der Waals surface area contributed by atoms with Gasteiger partial charge in [-0.3, -0.25) is 0 Å². The van der Waals surface area contributed by atoms with E-state index >= 15 is 0 Å². The van der Waals surface area contributed by atoms with Crippen molar-refractivity contribution >= 4 is 65.8 Å². The van der Waals surface area contributed by atoms with Crippen LogP contribution in [-0.4, -0.2) is 9.97 Å². The third-order valence-corrected chi connectivity index (χ3v) is 11.1. The lowest BCUT2D eigenvalue weighted by Gasteiger charge is -2.13. The number of aromatic nitrogens is 2. The number of fused-ring (bicyclic) bond motifs is 9. The Kier molecular flexibility index (Phi) is 6.86. The van der Waals surface area contributed by atoms with E-state index in [2.05, 4.69) is 121 Å². The van der Waals surface area contributed by atoms with Crippen LogP contribution >= 0.6 is 0 Å². The largest absolute Gasteiger partial charge is 0.456 e. The Labute approximate surface area is 326 Å². The molecule has 12 rings (SSSR count). The first-order valence-electron chi connectivity index (χ1n) is 19.0. The van der Waals surface area contributed by atoms with Gasteiger partial charge >= 0.3 is 0 Å². The lowest BCUT2D eigenvalue weighted by molar-refractivity contribution is 0.668. The summed E-state index contributed by atoms with van der Waals surface area (Å²) in [5.74, 6) is 0.650. The molecule has 0 aliphatic carbocycles. The normalized spacial score (nSPS) is 11.9. The van der Waals surface area contributed by atoms with Crippen molar-refractivity contribution in [1.29, 1.82) is 0 Å². The van der Waals surface area contributed by atoms with Gasteiger partial charge in [0.2, 0.25) is 0 Å². The van der Waals surface area contributed by atoms with Gasteiger partial charge in [0.15, 0.2) is 5.82 Å². The van der Waals surface area contributed by atoms with Gasteiger partial charge in [0.25, 0.3) is 0 Å². The average Bonchev–Trinajstić information content (AvgIpc) is 3.97. The molecule has 0 atom stereocenters. The number of hydrogen-bond donors (Lipinski definition) is 0. The monoisotopic (exact) mass is 730 g/mol. The second kappa shape index (κ2) is 12.4. The molecule has 0 radical (unpaired) electrons. The number of para-hydroxylation sites is 3. The molecular weight excluding hydrogens is 701 g/mol. The number of hydrogen-bond acceptors (Lipinski definition) is 5. The summed E-state index contributed by atoms with van der Waals surface area (Å²) in [6, 6.07) is 62.8. The maximum atomic E-state index is 6.32. The summed E-state index contributed by atoms with van der Waals surface area (Å²) < 4.78 is 18.8. The van der Waals surface area contributed by atoms with E-state index in [1.165, 1.54) is 0 Å². The van der Waals surface area contributed by atoms with Crippen LogP contribution < -0.4 is 0 Å². The topological polar surface area (TPSA) is 65.2 Å². The molecular formula is C52H30N2O3. The highest BCUT2D eigenvalue weighted by Crippen LogP contribution is 2.40. The Morgan fingerprint density at radius 3 is 1.28 bits per heavy atom. The first-order valence-corrected chi connectivity index (χ1v) is 19.0. The van der Waals surface area contributed by atoms with E-state index in [0.29, 0.717) is 5.82 Å². The average molecular weight is 731 g/mol. The molecule has 4 heterocycles. The van der Waals surface area contributed by atoms with Crippen molar-refractivity contribution in [3.05, 3.63) is 182 Å². The van der Waals surface area contributed by atoms with Crippen LogP contribution in [0.3, 0.4) is 0 Å². The van der Waals surface area contributed by atoms with E-state index in [9.17, 15) is 0 Å². The van der Waals surface area contributed by atoms with Crippen LogP contribution in [-0.2, 0) is 0 Å². The molecule has 0 aliphatic heterocycles. The predicted molar refractivity (Wildman–Crippen MR) is 231 cm³/mol. The molecule has 266 valence electrons. The third-order valence-electron chi connectivity index (χ3n) is 11.1. The molecule has 8 aromatic carbocycles. The minimum absolute atomic E-state index is 0.650. The predicted octanol–water partition coefficient (Wildman–Crippen LogP) is 14.5. The summed E-state index contributed by atoms with van der Waals surface area (Å²) in [5, 5.41) is 6.53. The quantitative estimate of drug-likeness (QED) is 0.176. The lowest BCUT2D eigenvalue weighted by Crippen LogP contribution is -1.96. The summed E-state index contributed by atoms with van der Waals surface area (Å²) in [4.78, 5) is 10.4. The minimum atomic E-state index is 0.650. The molecule has 5 nitrogen and oxygen atoms in total. The van der Waals surface area contributed by atoms with Crippen LogP contribution in [0.2, 0.25) is 0 Å². The van der Waals surface area contributed by atoms with Gasteiger partial charge in [-0.2, -0.15) is 0 Å². The van der Waals surface area contributed by atoms with Gasteiger partial charge in [-0.05, 0) is 101 Å². The first kappa shape index (κ1) is 31.6. The van der Waals surface area contributed by atoms with Gasteiger partial charge in [-0.1, -0.05) is 103 Å². The molecule has 0 bridgehead atoms. The van der Waals surface area contributed by atoms with Crippen molar-refractivity contribution in [3.63, 3.8) is 0 Å². The smallest absolute Gasteiger partial charge is 0.160 e. The van der Waals surface area contributed by atoms with E-state index in [-0.39, 0.29) is 0 Å². The molecule has 0 amide bonds. The van der Waals surface area contributed by atoms with Gasteiger partial charge < -0.3 is 13.3 Å². The van der Waals surface area contributed by atoms with Crippen LogP contribution in [0, 0.1) is 0 Å². The fourth-order valence-electron chi connectivity index (χ4n) is 8.26. The molecule has 57 heavy (non-hydrogen) atoms. The van der Waals surface area contributed by atoms with E-state index in [1.54, 1.807) is 0 Å². The summed E-state index contributed by atoms with van der Waals surface area (Å²) in [6.07, 6.45) is 0. The molecule has 0 saturated carbocycles. The third kappa shape index (κ3) is 5.24. The molecule has 0 saturated heterocycles. The zero-order chi connectivity index (χ0) is 37.5. The van der Waals surface area contributed by atoms with Gasteiger partial charge in [0.05, 0.1) is 11.4 Å². The van der Waals surface area contributed by atoms with Crippen molar-refractivity contribution in [2.24, 2.45) is 0 Å². The maximum absolute atomic E-state index is 6.32. The molecule has 4 aromatic heterocycles. The number of rotatable bonds is 5. The van der Waals surface area contributed by atoms with Gasteiger partial charge in [-0.15, -0.1) is 0 Å². The van der Waals surface area contributed by atoms with Crippen molar-refractivity contribution < 1.29 is 13.3 Å². The zero-order valence-corrected chi connectivity index (χ0v) is 30.4. The minimum Gasteiger partial charge on any atom is -0.456 e. The number of furan rings is 3. The van der Waals surface area contributed by atoms with Gasteiger partial charge in [-0.25, -0.2) is 9.97 Å². The molecule has 0 fully saturated rings. The Morgan fingerprint density at radius 1 is 0.246 bits per heavy atom. The fraction of sp³-hybridized carbons (Fsp3) is 0. The van der Waals surface area contributed by atoms with E-state index in [1.807, 2.05) is 60.7 Å². The van der Waals surface area contributed by atoms with Crippen molar-refractivity contribution in [2.75, 3.05) is 0 Å². The summed E-state index contributed by atoms with van der Waals surface area (Å²) >= 11 is 0. The molecule has 0 aliphatic rings. The number of benzene rings is 8. The molecule has 5 heteroatoms. The van der Waals surface area contributed by atoms with Crippen molar-refractivity contribution in [1.82, 2.24) is 9.97 Å². The number of nitrogens with zero attached hydrogens (tertiary/aromatic N) is 2. The van der Waals surface area contributed by atoms with Crippen LogP contribution in [0.15, 0.2) is 195 Å². The highest BCUT2D eigenvalue weighted by molar-refractivity contribution is 6.08. The summed E-state index contributed by atoms with van der Waals surface area (Å²) in [6.45, 7) is 0. The Hall–Kier alpha value is -7.76. The van der Waals surface area contributed by atoms with Crippen LogP contribution in [0.1, 0.15) is 0 Å². The van der Waals surface area contributed by atoms with Crippen LogP contribution in [0.4, 0.5) is 0 Å². The fourth-order valence-corrected chi connectivity index (χ4v) is 8.26. The molecule has 0 spiro atoms. The first-order chi connectivity index (χ1) is 28.2. The Morgan fingerprint density at radius 2 is 0.684 bits per heavy atom. The van der Waals surface area contributed by atoms with E-state index in [4.69, 9.17) is 23.2 Å². The lowest BCUT2D eigenvalue weighted by atomic mass is 9.93. The maximum Gasteiger partial charge on any atom is 0.160 e. The summed E-state index contributed by atoms with van der Waals surface area (Å²) in [7, 11) is 0. The standard InChI is InChI=1S/C52H30N2O3/c1-2-10-31(11-3-1)52-53-44(34-18-21-41-38-12-4-7-15-46(38)57-51(41)29-34)30-45(54-52)37-25-35(32-19-22-49-42(27-32)39-13-5-8-16-47(39)55-49)24-36(26-37)33-20-23-50-43(28-33)40-14-6-9-17-48(40)56-50/h1-30H. The molecule has 0 unspecified atom stereocenters. The zero-order valence-electron chi connectivity index (χ0n) is 30.4. The molecule has 12 aromatic rings. The van der Waals surface area contributed by atoms with Crippen LogP contribution in [0.5, 0.6) is 0 Å². The van der Waals surface area contributed by atoms with Crippen LogP contribution in [0.25, 0.3) is 122 Å². The highest BCUT2D eigenvalue weighted by atomic mass is 16.3. The Bertz CT molecular complexity index is 3400. The van der Waals surface area contributed by atoms with Crippen molar-refractivity contribution in [2.45, 2.75) is 0 Å². The second-order valence-corrected chi connectivity index (χ2v) is 14.6. The Balaban J connectivity index is 1.08. The molecule has 0 N–H and O–H groups in total. The van der Waals surface area contributed by atoms with E-state index in [0.717, 1.165) is 116 Å². The van der Waals surface area contributed by atoms with Crippen molar-refractivity contribution in [3.8, 4) is 56.2 Å². The summed E-state index contributed by atoms with van der Waals surface area (Å²) in [5.41, 5.74) is 14.0. The van der Waals surface area contributed by atoms with Gasteiger partial charge in [0.1, 0.15) is 33.5 Å². The second-order valence-electron chi connectivity index (χ2n) is 14.6. The highest BCUT2D eigenvalue weighted by Gasteiger charge is 2.17.